The van der Waals surface area contributed by atoms with Crippen molar-refractivity contribution in [2.75, 3.05) is 23.7 Å². The van der Waals surface area contributed by atoms with Crippen molar-refractivity contribution in [3.05, 3.63) is 95.6 Å². The highest BCUT2D eigenvalue weighted by Gasteiger charge is 2.31. The molecule has 0 aliphatic rings. The van der Waals surface area contributed by atoms with E-state index in [-0.39, 0.29) is 43.8 Å². The summed E-state index contributed by atoms with van der Waals surface area (Å²) >= 11 is 0. The van der Waals surface area contributed by atoms with Crippen molar-refractivity contribution in [1.29, 1.82) is 0 Å². The van der Waals surface area contributed by atoms with Crippen LogP contribution in [0.5, 0.6) is 5.75 Å². The number of hydrogen-bond acceptors (Lipinski definition) is 5. The van der Waals surface area contributed by atoms with Crippen LogP contribution in [0.2, 0.25) is 0 Å². The summed E-state index contributed by atoms with van der Waals surface area (Å²) in [6, 6.07) is 23.7. The molecule has 0 bridgehead atoms. The number of benzene rings is 3. The normalized spacial score (nSPS) is 12.7. The third-order valence-electron chi connectivity index (χ3n) is 7.46. The number of sulfonamides is 1. The van der Waals surface area contributed by atoms with Crippen LogP contribution in [0.3, 0.4) is 0 Å². The summed E-state index contributed by atoms with van der Waals surface area (Å²) < 4.78 is 32.6. The summed E-state index contributed by atoms with van der Waals surface area (Å²) in [5.41, 5.74) is 3.36. The van der Waals surface area contributed by atoms with Crippen molar-refractivity contribution in [2.45, 2.75) is 72.0 Å². The van der Waals surface area contributed by atoms with Crippen molar-refractivity contribution in [3.8, 4) is 5.75 Å². The minimum Gasteiger partial charge on any atom is -0.492 e. The monoisotopic (exact) mass is 607 g/mol. The standard InChI is InChI=1S/C34H45N3O5S/c1-6-27(4)35-34(39)31(24-28-17-9-8-10-18-28)36(25-29-19-12-11-16-26(29)3)33(38)22-15-23-37(43(5,40)41)30-20-13-14-21-32(30)42-7-2/h8-14,16-21,27,31H,6-7,15,22-25H2,1-5H3,(H,35,39)/t27-,31+/m0/s1. The van der Waals surface area contributed by atoms with E-state index in [0.717, 1.165) is 29.4 Å². The zero-order chi connectivity index (χ0) is 31.4. The molecular weight excluding hydrogens is 562 g/mol. The van der Waals surface area contributed by atoms with Crippen molar-refractivity contribution >= 4 is 27.5 Å². The van der Waals surface area contributed by atoms with Gasteiger partial charge in [0.1, 0.15) is 11.8 Å². The van der Waals surface area contributed by atoms with Gasteiger partial charge in [-0.05, 0) is 62.4 Å². The second-order valence-electron chi connectivity index (χ2n) is 10.8. The molecule has 0 aliphatic heterocycles. The number of rotatable bonds is 16. The van der Waals surface area contributed by atoms with E-state index in [1.807, 2.05) is 82.3 Å². The fraction of sp³-hybridized carbons (Fsp3) is 0.412. The molecule has 0 heterocycles. The van der Waals surface area contributed by atoms with Crippen LogP contribution in [0.4, 0.5) is 5.69 Å². The highest BCUT2D eigenvalue weighted by molar-refractivity contribution is 7.92. The molecule has 0 saturated heterocycles. The Hall–Kier alpha value is -3.85. The van der Waals surface area contributed by atoms with Gasteiger partial charge in [0.2, 0.25) is 21.8 Å². The Bertz CT molecular complexity index is 1450. The molecule has 9 heteroatoms. The highest BCUT2D eigenvalue weighted by Crippen LogP contribution is 2.30. The molecule has 0 aromatic heterocycles. The van der Waals surface area contributed by atoms with Gasteiger partial charge in [0.05, 0.1) is 18.6 Å². The maximum absolute atomic E-state index is 14.0. The van der Waals surface area contributed by atoms with Gasteiger partial charge in [-0.2, -0.15) is 0 Å². The number of ether oxygens (including phenoxy) is 1. The average molecular weight is 608 g/mol. The number of nitrogens with one attached hydrogen (secondary N) is 1. The molecule has 2 amide bonds. The maximum atomic E-state index is 14.0. The van der Waals surface area contributed by atoms with Crippen LogP contribution in [0.25, 0.3) is 0 Å². The number of amides is 2. The number of aryl methyl sites for hydroxylation is 1. The van der Waals surface area contributed by atoms with Crippen LogP contribution >= 0.6 is 0 Å². The minimum absolute atomic E-state index is 0.0464. The number of nitrogens with zero attached hydrogens (tertiary/aromatic N) is 2. The van der Waals surface area contributed by atoms with Crippen LogP contribution in [0.15, 0.2) is 78.9 Å². The molecular formula is C34H45N3O5S. The molecule has 8 nitrogen and oxygen atoms in total. The van der Waals surface area contributed by atoms with E-state index in [2.05, 4.69) is 5.32 Å². The summed E-state index contributed by atoms with van der Waals surface area (Å²) in [5.74, 6) is 0.0474. The van der Waals surface area contributed by atoms with Crippen LogP contribution in [0, 0.1) is 6.92 Å². The Morgan fingerprint density at radius 3 is 2.23 bits per heavy atom. The summed E-state index contributed by atoms with van der Waals surface area (Å²) in [5, 5.41) is 3.09. The molecule has 0 fully saturated rings. The first-order valence-corrected chi connectivity index (χ1v) is 16.8. The zero-order valence-corrected chi connectivity index (χ0v) is 26.8. The Labute approximate surface area is 257 Å². The Kier molecular flexibility index (Phi) is 12.6. The van der Waals surface area contributed by atoms with Gasteiger partial charge in [-0.25, -0.2) is 8.42 Å². The van der Waals surface area contributed by atoms with E-state index in [4.69, 9.17) is 4.74 Å². The van der Waals surface area contributed by atoms with Gasteiger partial charge in [-0.15, -0.1) is 0 Å². The van der Waals surface area contributed by atoms with Gasteiger partial charge in [-0.3, -0.25) is 13.9 Å². The lowest BCUT2D eigenvalue weighted by atomic mass is 10.0. The van der Waals surface area contributed by atoms with Crippen molar-refractivity contribution in [1.82, 2.24) is 10.2 Å². The van der Waals surface area contributed by atoms with Gasteiger partial charge >= 0.3 is 0 Å². The quantitative estimate of drug-likeness (QED) is 0.232. The third-order valence-corrected chi connectivity index (χ3v) is 8.64. The summed E-state index contributed by atoms with van der Waals surface area (Å²) in [6.45, 7) is 8.53. The Morgan fingerprint density at radius 2 is 1.58 bits per heavy atom. The topological polar surface area (TPSA) is 96.0 Å². The van der Waals surface area contributed by atoms with E-state index in [9.17, 15) is 18.0 Å². The van der Waals surface area contributed by atoms with Crippen molar-refractivity contribution in [2.24, 2.45) is 0 Å². The molecule has 0 spiro atoms. The molecule has 0 aliphatic carbocycles. The molecule has 3 rings (SSSR count). The summed E-state index contributed by atoms with van der Waals surface area (Å²) in [4.78, 5) is 29.4. The predicted octanol–water partition coefficient (Wildman–Crippen LogP) is 5.49. The second-order valence-corrected chi connectivity index (χ2v) is 12.7. The van der Waals surface area contributed by atoms with Crippen molar-refractivity contribution < 1.29 is 22.7 Å². The molecule has 1 N–H and O–H groups in total. The molecule has 3 aromatic rings. The van der Waals surface area contributed by atoms with E-state index in [0.29, 0.717) is 24.5 Å². The molecule has 0 unspecified atom stereocenters. The third kappa shape index (κ3) is 9.85. The summed E-state index contributed by atoms with van der Waals surface area (Å²) in [6.07, 6.45) is 2.60. The van der Waals surface area contributed by atoms with Gasteiger partial charge in [0.25, 0.3) is 0 Å². The molecule has 2 atom stereocenters. The predicted molar refractivity (Wildman–Crippen MR) is 173 cm³/mol. The van der Waals surface area contributed by atoms with Gasteiger partial charge in [-0.1, -0.05) is 73.7 Å². The second kappa shape index (κ2) is 16.1. The molecule has 43 heavy (non-hydrogen) atoms. The number of anilines is 1. The zero-order valence-electron chi connectivity index (χ0n) is 26.0. The SMILES string of the molecule is CCOc1ccccc1N(CCCC(=O)N(Cc1ccccc1C)[C@H](Cc1ccccc1)C(=O)N[C@@H](C)CC)S(C)(=O)=O. The Balaban J connectivity index is 1.91. The maximum Gasteiger partial charge on any atom is 0.243 e. The van der Waals surface area contributed by atoms with E-state index in [1.165, 1.54) is 4.31 Å². The van der Waals surface area contributed by atoms with Crippen LogP contribution in [0.1, 0.15) is 56.7 Å². The lowest BCUT2D eigenvalue weighted by molar-refractivity contribution is -0.141. The van der Waals surface area contributed by atoms with Crippen LogP contribution in [-0.2, 0) is 32.6 Å². The fourth-order valence-corrected chi connectivity index (χ4v) is 5.86. The van der Waals surface area contributed by atoms with Gasteiger partial charge < -0.3 is 15.0 Å². The average Bonchev–Trinajstić information content (AvgIpc) is 2.98. The van der Waals surface area contributed by atoms with Gasteiger partial charge in [0.15, 0.2) is 0 Å². The number of carbonyl (C=O) groups excluding carboxylic acids is 2. The first kappa shape index (κ1) is 33.6. The van der Waals surface area contributed by atoms with Crippen molar-refractivity contribution in [3.63, 3.8) is 0 Å². The number of hydrogen-bond donors (Lipinski definition) is 1. The first-order valence-electron chi connectivity index (χ1n) is 14.9. The first-order chi connectivity index (χ1) is 20.5. The van der Waals surface area contributed by atoms with E-state index >= 15 is 0 Å². The highest BCUT2D eigenvalue weighted by atomic mass is 32.2. The molecule has 232 valence electrons. The number of carbonyl (C=O) groups is 2. The fourth-order valence-electron chi connectivity index (χ4n) is 4.89. The number of para-hydroxylation sites is 2. The smallest absolute Gasteiger partial charge is 0.243 e. The van der Waals surface area contributed by atoms with E-state index in [1.54, 1.807) is 29.2 Å². The Morgan fingerprint density at radius 1 is 0.930 bits per heavy atom. The molecule has 0 saturated carbocycles. The van der Waals surface area contributed by atoms with Crippen LogP contribution in [-0.4, -0.2) is 56.6 Å². The lowest BCUT2D eigenvalue weighted by Gasteiger charge is -2.33. The molecule has 0 radical (unpaired) electrons. The largest absolute Gasteiger partial charge is 0.492 e. The molecule has 3 aromatic carbocycles. The summed E-state index contributed by atoms with van der Waals surface area (Å²) in [7, 11) is -3.65. The lowest BCUT2D eigenvalue weighted by Crippen LogP contribution is -2.52. The van der Waals surface area contributed by atoms with Gasteiger partial charge in [0, 0.05) is 32.0 Å². The van der Waals surface area contributed by atoms with E-state index < -0.39 is 16.1 Å². The minimum atomic E-state index is -3.65. The van der Waals surface area contributed by atoms with Crippen LogP contribution < -0.4 is 14.4 Å².